The Morgan fingerprint density at radius 1 is 1.47 bits per heavy atom. The quantitative estimate of drug-likeness (QED) is 0.920. The molecule has 0 amide bonds. The number of halogens is 2. The number of aromatic nitrogens is 1. The highest BCUT2D eigenvalue weighted by Gasteiger charge is 2.11. The molecule has 0 radical (unpaired) electrons. The molecule has 5 heteroatoms. The molecule has 0 saturated heterocycles. The Labute approximate surface area is 112 Å². The van der Waals surface area contributed by atoms with Gasteiger partial charge in [0.15, 0.2) is 0 Å². The average Bonchev–Trinajstić information content (AvgIpc) is 2.64. The number of hydrogen-bond acceptors (Lipinski definition) is 3. The second-order valence-electron chi connectivity index (χ2n) is 3.70. The maximum atomic E-state index is 13.1. The van der Waals surface area contributed by atoms with E-state index in [2.05, 4.69) is 27.8 Å². The van der Waals surface area contributed by atoms with Crippen molar-refractivity contribution >= 4 is 32.3 Å². The molecule has 2 nitrogen and oxygen atoms in total. The molecule has 2 rings (SSSR count). The summed E-state index contributed by atoms with van der Waals surface area (Å²) in [7, 11) is 0. The van der Waals surface area contributed by atoms with Crippen molar-refractivity contribution in [1.82, 2.24) is 4.98 Å². The number of benzene rings is 1. The highest BCUT2D eigenvalue weighted by Crippen LogP contribution is 2.33. The van der Waals surface area contributed by atoms with Crippen LogP contribution in [0, 0.1) is 5.82 Å². The molecule has 0 spiro atoms. The van der Waals surface area contributed by atoms with Gasteiger partial charge in [-0.15, -0.1) is 11.3 Å². The molecule has 1 heterocycles. The molecule has 0 aliphatic heterocycles. The number of rotatable bonds is 3. The van der Waals surface area contributed by atoms with Crippen molar-refractivity contribution in [3.63, 3.8) is 0 Å². The zero-order chi connectivity index (χ0) is 12.4. The lowest BCUT2D eigenvalue weighted by Gasteiger charge is -2.00. The topological polar surface area (TPSA) is 38.9 Å². The second-order valence-corrected chi connectivity index (χ2v) is 5.67. The van der Waals surface area contributed by atoms with Gasteiger partial charge in [-0.3, -0.25) is 0 Å². The van der Waals surface area contributed by atoms with Crippen LogP contribution in [0.5, 0.6) is 0 Å². The minimum atomic E-state index is -0.281. The highest BCUT2D eigenvalue weighted by atomic mass is 79.9. The maximum Gasteiger partial charge on any atom is 0.137 e. The summed E-state index contributed by atoms with van der Waals surface area (Å²) >= 11 is 4.67. The molecule has 0 aliphatic carbocycles. The van der Waals surface area contributed by atoms with Crippen LogP contribution < -0.4 is 5.73 Å². The van der Waals surface area contributed by atoms with Crippen molar-refractivity contribution < 1.29 is 4.39 Å². The van der Waals surface area contributed by atoms with Gasteiger partial charge in [0.05, 0.1) is 9.48 Å². The number of nitrogens with two attached hydrogens (primary N) is 1. The van der Waals surface area contributed by atoms with Crippen molar-refractivity contribution in [3.05, 3.63) is 33.5 Å². The Morgan fingerprint density at radius 3 is 2.88 bits per heavy atom. The van der Waals surface area contributed by atoms with Crippen molar-refractivity contribution in [2.75, 3.05) is 5.73 Å². The first-order chi connectivity index (χ1) is 8.11. The number of nitrogen functional groups attached to an aromatic ring is 1. The van der Waals surface area contributed by atoms with Crippen LogP contribution in [0.1, 0.15) is 18.4 Å². The first-order valence-corrected chi connectivity index (χ1v) is 6.93. The van der Waals surface area contributed by atoms with Crippen LogP contribution >= 0.6 is 27.3 Å². The Balaban J connectivity index is 2.41. The standard InChI is InChI=1S/C12H12BrFN2S/c1-2-3-10-16-11(12(15)17-10)7-4-5-9(14)8(13)6-7/h4-6H,2-3,15H2,1H3. The van der Waals surface area contributed by atoms with Crippen LogP contribution in [0.4, 0.5) is 9.39 Å². The Bertz CT molecular complexity index is 539. The van der Waals surface area contributed by atoms with Gasteiger partial charge in [-0.05, 0) is 47.0 Å². The van der Waals surface area contributed by atoms with Gasteiger partial charge in [0, 0.05) is 5.56 Å². The summed E-state index contributed by atoms with van der Waals surface area (Å²) in [6.45, 7) is 2.10. The number of hydrogen-bond donors (Lipinski definition) is 1. The Morgan fingerprint density at radius 2 is 2.24 bits per heavy atom. The van der Waals surface area contributed by atoms with Gasteiger partial charge in [0.1, 0.15) is 16.5 Å². The number of thiazole rings is 1. The third kappa shape index (κ3) is 2.66. The van der Waals surface area contributed by atoms with Crippen molar-refractivity contribution in [2.45, 2.75) is 19.8 Å². The lowest BCUT2D eigenvalue weighted by atomic mass is 10.1. The van der Waals surface area contributed by atoms with E-state index in [0.29, 0.717) is 9.47 Å². The van der Waals surface area contributed by atoms with E-state index in [1.165, 1.54) is 17.4 Å². The van der Waals surface area contributed by atoms with E-state index in [-0.39, 0.29) is 5.82 Å². The normalized spacial score (nSPS) is 10.8. The summed E-state index contributed by atoms with van der Waals surface area (Å²) in [6, 6.07) is 4.81. The lowest BCUT2D eigenvalue weighted by Crippen LogP contribution is -1.88. The van der Waals surface area contributed by atoms with E-state index < -0.39 is 0 Å². The summed E-state index contributed by atoms with van der Waals surface area (Å²) in [5.74, 6) is -0.281. The molecule has 2 aromatic rings. The number of anilines is 1. The van der Waals surface area contributed by atoms with Gasteiger partial charge in [-0.25, -0.2) is 9.37 Å². The summed E-state index contributed by atoms with van der Waals surface area (Å²) in [5, 5.41) is 1.72. The summed E-state index contributed by atoms with van der Waals surface area (Å²) in [5.41, 5.74) is 7.53. The number of nitrogens with zero attached hydrogens (tertiary/aromatic N) is 1. The van der Waals surface area contributed by atoms with Gasteiger partial charge in [0.2, 0.25) is 0 Å². The predicted molar refractivity (Wildman–Crippen MR) is 73.6 cm³/mol. The molecule has 90 valence electrons. The van der Waals surface area contributed by atoms with Gasteiger partial charge < -0.3 is 5.73 Å². The monoisotopic (exact) mass is 314 g/mol. The molecule has 17 heavy (non-hydrogen) atoms. The van der Waals surface area contributed by atoms with Crippen molar-refractivity contribution in [2.24, 2.45) is 0 Å². The third-order valence-corrected chi connectivity index (χ3v) is 3.91. The minimum absolute atomic E-state index is 0.281. The molecule has 0 atom stereocenters. The van der Waals surface area contributed by atoms with E-state index >= 15 is 0 Å². The van der Waals surface area contributed by atoms with E-state index in [1.54, 1.807) is 12.1 Å². The van der Waals surface area contributed by atoms with Gasteiger partial charge in [-0.1, -0.05) is 6.92 Å². The summed E-state index contributed by atoms with van der Waals surface area (Å²) in [6.07, 6.45) is 1.97. The predicted octanol–water partition coefficient (Wildman–Crippen LogP) is 4.25. The molecule has 1 aromatic carbocycles. The first-order valence-electron chi connectivity index (χ1n) is 5.32. The minimum Gasteiger partial charge on any atom is -0.389 e. The fourth-order valence-electron chi connectivity index (χ4n) is 1.55. The second kappa shape index (κ2) is 5.14. The molecular weight excluding hydrogens is 303 g/mol. The zero-order valence-corrected chi connectivity index (χ0v) is 11.7. The molecule has 1 aromatic heterocycles. The van der Waals surface area contributed by atoms with Crippen molar-refractivity contribution in [1.29, 1.82) is 0 Å². The van der Waals surface area contributed by atoms with Crippen molar-refractivity contribution in [3.8, 4) is 11.3 Å². The van der Waals surface area contributed by atoms with Gasteiger partial charge in [-0.2, -0.15) is 0 Å². The smallest absolute Gasteiger partial charge is 0.137 e. The first kappa shape index (κ1) is 12.5. The molecule has 0 unspecified atom stereocenters. The lowest BCUT2D eigenvalue weighted by molar-refractivity contribution is 0.621. The molecule has 0 bridgehead atoms. The Kier molecular flexibility index (Phi) is 3.79. The van der Waals surface area contributed by atoms with E-state index in [4.69, 9.17) is 5.73 Å². The molecule has 0 aliphatic rings. The van der Waals surface area contributed by atoms with Gasteiger partial charge >= 0.3 is 0 Å². The van der Waals surface area contributed by atoms with Crippen LogP contribution in [0.25, 0.3) is 11.3 Å². The molecular formula is C12H12BrFN2S. The zero-order valence-electron chi connectivity index (χ0n) is 9.34. The van der Waals surface area contributed by atoms with Gasteiger partial charge in [0.25, 0.3) is 0 Å². The van der Waals surface area contributed by atoms with E-state index in [9.17, 15) is 4.39 Å². The fraction of sp³-hybridized carbons (Fsp3) is 0.250. The third-order valence-electron chi connectivity index (χ3n) is 2.35. The van der Waals surface area contributed by atoms with Crippen LogP contribution in [-0.2, 0) is 6.42 Å². The average molecular weight is 315 g/mol. The van der Waals surface area contributed by atoms with E-state index in [1.807, 2.05) is 0 Å². The molecule has 0 saturated carbocycles. The SMILES string of the molecule is CCCc1nc(-c2ccc(F)c(Br)c2)c(N)s1. The summed E-state index contributed by atoms with van der Waals surface area (Å²) in [4.78, 5) is 4.49. The van der Waals surface area contributed by atoms with Crippen LogP contribution in [0.15, 0.2) is 22.7 Å². The maximum absolute atomic E-state index is 13.1. The molecule has 0 fully saturated rings. The molecule has 2 N–H and O–H groups in total. The van der Waals surface area contributed by atoms with Crippen LogP contribution in [0.3, 0.4) is 0 Å². The Hall–Kier alpha value is -0.940. The highest BCUT2D eigenvalue weighted by molar-refractivity contribution is 9.10. The fourth-order valence-corrected chi connectivity index (χ4v) is 2.88. The van der Waals surface area contributed by atoms with Crippen LogP contribution in [-0.4, -0.2) is 4.98 Å². The summed E-state index contributed by atoms with van der Waals surface area (Å²) < 4.78 is 13.6. The largest absolute Gasteiger partial charge is 0.389 e. The van der Waals surface area contributed by atoms with E-state index in [0.717, 1.165) is 29.1 Å². The van der Waals surface area contributed by atoms with Crippen LogP contribution in [0.2, 0.25) is 0 Å². The number of aryl methyl sites for hydroxylation is 1.